The van der Waals surface area contributed by atoms with Gasteiger partial charge in [0.05, 0.1) is 11.6 Å². The van der Waals surface area contributed by atoms with Gasteiger partial charge in [0.2, 0.25) is 0 Å². The molecule has 1 aromatic carbocycles. The third-order valence-corrected chi connectivity index (χ3v) is 2.32. The van der Waals surface area contributed by atoms with Crippen LogP contribution >= 0.6 is 0 Å². The first-order valence-corrected chi connectivity index (χ1v) is 5.01. The number of amidine groups is 1. The highest BCUT2D eigenvalue weighted by Crippen LogP contribution is 2.13. The molecule has 0 fully saturated rings. The second-order valence-corrected chi connectivity index (χ2v) is 3.28. The first-order valence-electron chi connectivity index (χ1n) is 5.01. The largest absolute Gasteiger partial charge is 0.367 e. The summed E-state index contributed by atoms with van der Waals surface area (Å²) in [6.07, 6.45) is 0. The molecule has 0 atom stereocenters. The summed E-state index contributed by atoms with van der Waals surface area (Å²) in [7, 11) is 1.64. The van der Waals surface area contributed by atoms with E-state index in [1.807, 2.05) is 13.0 Å². The summed E-state index contributed by atoms with van der Waals surface area (Å²) in [4.78, 5) is 4.06. The van der Waals surface area contributed by atoms with Gasteiger partial charge >= 0.3 is 0 Å². The molecule has 0 aliphatic rings. The van der Waals surface area contributed by atoms with Gasteiger partial charge in [0.1, 0.15) is 12.5 Å². The van der Waals surface area contributed by atoms with Crippen molar-refractivity contribution in [2.75, 3.05) is 20.3 Å². The van der Waals surface area contributed by atoms with Crippen LogP contribution in [0.15, 0.2) is 23.2 Å². The molecule has 1 aromatic rings. The number of hydrogen-bond acceptors (Lipinski definition) is 2. The lowest BCUT2D eigenvalue weighted by Crippen LogP contribution is -2.27. The Kier molecular flexibility index (Phi) is 4.46. The van der Waals surface area contributed by atoms with Crippen LogP contribution in [0.5, 0.6) is 0 Å². The van der Waals surface area contributed by atoms with Crippen molar-refractivity contribution in [1.82, 2.24) is 5.32 Å². The first kappa shape index (κ1) is 12.2. The number of rotatable bonds is 3. The quantitative estimate of drug-likeness (QED) is 0.622. The summed E-state index contributed by atoms with van der Waals surface area (Å²) >= 11 is 0. The van der Waals surface area contributed by atoms with E-state index in [2.05, 4.69) is 16.4 Å². The van der Waals surface area contributed by atoms with Gasteiger partial charge in [-0.25, -0.2) is 4.39 Å². The van der Waals surface area contributed by atoms with Crippen LogP contribution in [-0.2, 0) is 0 Å². The molecular formula is C12H14FN3. The zero-order chi connectivity index (χ0) is 12.0. The Hall–Kier alpha value is -1.89. The molecule has 0 amide bonds. The summed E-state index contributed by atoms with van der Waals surface area (Å²) < 4.78 is 12.1. The number of nitriles is 1. The number of halogens is 1. The summed E-state index contributed by atoms with van der Waals surface area (Å²) in [5.41, 5.74) is 2.31. The molecule has 0 aliphatic carbocycles. The minimum atomic E-state index is -0.448. The van der Waals surface area contributed by atoms with Gasteiger partial charge in [-0.05, 0) is 18.6 Å². The molecule has 0 bridgehead atoms. The number of aliphatic imine (C=N–C) groups is 1. The van der Waals surface area contributed by atoms with Crippen molar-refractivity contribution in [2.24, 2.45) is 4.99 Å². The standard InChI is InChI=1S/C12H14FN3/c1-9-10(8-14)4-3-5-11(9)12(15-2)16-7-6-13/h3-5H,6-7H2,1-2H3,(H,15,16). The van der Waals surface area contributed by atoms with E-state index in [1.54, 1.807) is 19.2 Å². The van der Waals surface area contributed by atoms with Crippen LogP contribution in [-0.4, -0.2) is 26.1 Å². The highest BCUT2D eigenvalue weighted by molar-refractivity contribution is 6.00. The lowest BCUT2D eigenvalue weighted by atomic mass is 10.0. The number of alkyl halides is 1. The lowest BCUT2D eigenvalue weighted by Gasteiger charge is -2.11. The maximum atomic E-state index is 12.1. The van der Waals surface area contributed by atoms with E-state index >= 15 is 0 Å². The van der Waals surface area contributed by atoms with E-state index in [0.29, 0.717) is 11.4 Å². The van der Waals surface area contributed by atoms with Crippen LogP contribution in [0.1, 0.15) is 16.7 Å². The zero-order valence-electron chi connectivity index (χ0n) is 9.42. The SMILES string of the molecule is CN=C(NCCF)c1cccc(C#N)c1C. The van der Waals surface area contributed by atoms with E-state index in [1.165, 1.54) is 0 Å². The Morgan fingerprint density at radius 2 is 2.31 bits per heavy atom. The Labute approximate surface area is 94.6 Å². The van der Waals surface area contributed by atoms with Gasteiger partial charge in [-0.3, -0.25) is 4.99 Å². The Morgan fingerprint density at radius 3 is 2.88 bits per heavy atom. The van der Waals surface area contributed by atoms with Gasteiger partial charge in [0, 0.05) is 19.2 Å². The highest BCUT2D eigenvalue weighted by atomic mass is 19.1. The van der Waals surface area contributed by atoms with Crippen molar-refractivity contribution >= 4 is 5.84 Å². The molecule has 0 aromatic heterocycles. The maximum absolute atomic E-state index is 12.1. The predicted octanol–water partition coefficient (Wildman–Crippen LogP) is 1.80. The molecule has 0 unspecified atom stereocenters. The smallest absolute Gasteiger partial charge is 0.128 e. The minimum absolute atomic E-state index is 0.225. The average molecular weight is 219 g/mol. The molecular weight excluding hydrogens is 205 g/mol. The van der Waals surface area contributed by atoms with Crippen LogP contribution in [0.3, 0.4) is 0 Å². The molecule has 1 rings (SSSR count). The second-order valence-electron chi connectivity index (χ2n) is 3.28. The maximum Gasteiger partial charge on any atom is 0.128 e. The van der Waals surface area contributed by atoms with Gasteiger partial charge < -0.3 is 5.32 Å². The number of benzene rings is 1. The summed E-state index contributed by atoms with van der Waals surface area (Å²) in [5, 5.41) is 11.8. The monoisotopic (exact) mass is 219 g/mol. The second kappa shape index (κ2) is 5.86. The first-order chi connectivity index (χ1) is 7.74. The van der Waals surface area contributed by atoms with Gasteiger partial charge in [-0.1, -0.05) is 12.1 Å². The molecule has 0 spiro atoms. The van der Waals surface area contributed by atoms with E-state index in [0.717, 1.165) is 11.1 Å². The zero-order valence-corrected chi connectivity index (χ0v) is 9.42. The highest BCUT2D eigenvalue weighted by Gasteiger charge is 2.08. The van der Waals surface area contributed by atoms with Gasteiger partial charge in [0.15, 0.2) is 0 Å². The molecule has 16 heavy (non-hydrogen) atoms. The van der Waals surface area contributed by atoms with Crippen molar-refractivity contribution < 1.29 is 4.39 Å². The minimum Gasteiger partial charge on any atom is -0.367 e. The van der Waals surface area contributed by atoms with Crippen molar-refractivity contribution in [3.63, 3.8) is 0 Å². The molecule has 0 radical (unpaired) electrons. The van der Waals surface area contributed by atoms with E-state index in [4.69, 9.17) is 5.26 Å². The fraction of sp³-hybridized carbons (Fsp3) is 0.333. The fourth-order valence-corrected chi connectivity index (χ4v) is 1.47. The van der Waals surface area contributed by atoms with Crippen LogP contribution in [0.4, 0.5) is 4.39 Å². The molecule has 4 heteroatoms. The summed E-state index contributed by atoms with van der Waals surface area (Å²) in [6, 6.07) is 7.52. The normalized spacial score (nSPS) is 11.0. The Bertz CT molecular complexity index is 432. The fourth-order valence-electron chi connectivity index (χ4n) is 1.47. The Balaban J connectivity index is 3.07. The lowest BCUT2D eigenvalue weighted by molar-refractivity contribution is 0.491. The number of hydrogen-bond donors (Lipinski definition) is 1. The molecule has 0 saturated heterocycles. The summed E-state index contributed by atoms with van der Waals surface area (Å²) in [6.45, 7) is 1.63. The van der Waals surface area contributed by atoms with Crippen molar-refractivity contribution in [1.29, 1.82) is 5.26 Å². The van der Waals surface area contributed by atoms with Gasteiger partial charge in [0.25, 0.3) is 0 Å². The van der Waals surface area contributed by atoms with Gasteiger partial charge in [-0.2, -0.15) is 5.26 Å². The third-order valence-electron chi connectivity index (χ3n) is 2.32. The van der Waals surface area contributed by atoms with E-state index < -0.39 is 6.67 Å². The topological polar surface area (TPSA) is 48.2 Å². The van der Waals surface area contributed by atoms with E-state index in [-0.39, 0.29) is 6.54 Å². The molecule has 0 heterocycles. The van der Waals surface area contributed by atoms with Crippen LogP contribution in [0, 0.1) is 18.3 Å². The van der Waals surface area contributed by atoms with Crippen LogP contribution in [0.2, 0.25) is 0 Å². The predicted molar refractivity (Wildman–Crippen MR) is 62.3 cm³/mol. The summed E-state index contributed by atoms with van der Waals surface area (Å²) in [5.74, 6) is 0.618. The van der Waals surface area contributed by atoms with Crippen LogP contribution < -0.4 is 5.32 Å². The molecule has 84 valence electrons. The van der Waals surface area contributed by atoms with Crippen molar-refractivity contribution in [3.8, 4) is 6.07 Å². The molecule has 3 nitrogen and oxygen atoms in total. The number of nitrogens with one attached hydrogen (secondary N) is 1. The van der Waals surface area contributed by atoms with E-state index in [9.17, 15) is 4.39 Å². The molecule has 0 aliphatic heterocycles. The molecule has 0 saturated carbocycles. The molecule has 1 N–H and O–H groups in total. The van der Waals surface area contributed by atoms with Crippen molar-refractivity contribution in [2.45, 2.75) is 6.92 Å². The third kappa shape index (κ3) is 2.57. The van der Waals surface area contributed by atoms with Crippen molar-refractivity contribution in [3.05, 3.63) is 34.9 Å². The van der Waals surface area contributed by atoms with Crippen LogP contribution in [0.25, 0.3) is 0 Å². The number of nitrogens with zero attached hydrogens (tertiary/aromatic N) is 2. The van der Waals surface area contributed by atoms with Gasteiger partial charge in [-0.15, -0.1) is 0 Å². The Morgan fingerprint density at radius 1 is 1.56 bits per heavy atom. The average Bonchev–Trinajstić information content (AvgIpc) is 2.32.